The first-order valence-corrected chi connectivity index (χ1v) is 6.66. The molecule has 0 unspecified atom stereocenters. The molecule has 0 aliphatic rings. The highest BCUT2D eigenvalue weighted by Gasteiger charge is 2.14. The first-order chi connectivity index (χ1) is 9.62. The van der Waals surface area contributed by atoms with E-state index in [1.54, 1.807) is 14.2 Å². The molecule has 0 aromatic heterocycles. The molecule has 0 aliphatic heterocycles. The van der Waals surface area contributed by atoms with Gasteiger partial charge in [-0.15, -0.1) is 12.3 Å². The molecule has 0 saturated carbocycles. The standard InChI is InChI=1S/C16H23NO3/c1-6-7-8-20-16-14(18-4)9-13(10-15(16)19-5)11-17-12(2)3/h1,9-10,12,17H,7-8,11H2,2-5H3. The number of terminal acetylenes is 1. The number of rotatable bonds is 8. The van der Waals surface area contributed by atoms with E-state index in [4.69, 9.17) is 20.6 Å². The van der Waals surface area contributed by atoms with E-state index in [0.717, 1.165) is 12.1 Å². The second-order valence-electron chi connectivity index (χ2n) is 4.67. The third kappa shape index (κ3) is 4.67. The lowest BCUT2D eigenvalue weighted by molar-refractivity contribution is 0.280. The molecule has 1 N–H and O–H groups in total. The van der Waals surface area contributed by atoms with Crippen LogP contribution in [0.3, 0.4) is 0 Å². The van der Waals surface area contributed by atoms with Gasteiger partial charge in [-0.2, -0.15) is 0 Å². The third-order valence-electron chi connectivity index (χ3n) is 2.73. The summed E-state index contributed by atoms with van der Waals surface area (Å²) < 4.78 is 16.4. The van der Waals surface area contributed by atoms with Crippen molar-refractivity contribution in [1.82, 2.24) is 5.32 Å². The average molecular weight is 277 g/mol. The Balaban J connectivity index is 2.95. The number of hydrogen-bond acceptors (Lipinski definition) is 4. The van der Waals surface area contributed by atoms with Crippen molar-refractivity contribution in [3.63, 3.8) is 0 Å². The summed E-state index contributed by atoms with van der Waals surface area (Å²) >= 11 is 0. The van der Waals surface area contributed by atoms with Gasteiger partial charge in [0.15, 0.2) is 11.5 Å². The molecule has 0 atom stereocenters. The van der Waals surface area contributed by atoms with E-state index in [1.807, 2.05) is 12.1 Å². The molecule has 0 radical (unpaired) electrons. The Bertz CT molecular complexity index is 438. The van der Waals surface area contributed by atoms with Gasteiger partial charge in [0, 0.05) is 19.0 Å². The molecule has 20 heavy (non-hydrogen) atoms. The molecule has 0 spiro atoms. The van der Waals surface area contributed by atoms with Crippen LogP contribution in [-0.2, 0) is 6.54 Å². The van der Waals surface area contributed by atoms with Gasteiger partial charge in [0.25, 0.3) is 0 Å². The van der Waals surface area contributed by atoms with E-state index in [2.05, 4.69) is 25.1 Å². The van der Waals surface area contributed by atoms with E-state index in [-0.39, 0.29) is 0 Å². The third-order valence-corrected chi connectivity index (χ3v) is 2.73. The highest BCUT2D eigenvalue weighted by atomic mass is 16.5. The quantitative estimate of drug-likeness (QED) is 0.585. The summed E-state index contributed by atoms with van der Waals surface area (Å²) in [6, 6.07) is 4.31. The van der Waals surface area contributed by atoms with E-state index < -0.39 is 0 Å². The lowest BCUT2D eigenvalue weighted by atomic mass is 10.1. The zero-order valence-electron chi connectivity index (χ0n) is 12.7. The molecule has 1 aromatic carbocycles. The minimum absolute atomic E-state index is 0.415. The SMILES string of the molecule is C#CCCOc1c(OC)cc(CNC(C)C)cc1OC. The molecule has 110 valence electrons. The van der Waals surface area contributed by atoms with Gasteiger partial charge in [-0.1, -0.05) is 13.8 Å². The monoisotopic (exact) mass is 277 g/mol. The van der Waals surface area contributed by atoms with Crippen molar-refractivity contribution < 1.29 is 14.2 Å². The van der Waals surface area contributed by atoms with Crippen molar-refractivity contribution in [3.05, 3.63) is 17.7 Å². The summed E-state index contributed by atoms with van der Waals surface area (Å²) in [4.78, 5) is 0. The van der Waals surface area contributed by atoms with Gasteiger partial charge in [0.1, 0.15) is 0 Å². The molecule has 0 aliphatic carbocycles. The normalized spacial score (nSPS) is 10.2. The van der Waals surface area contributed by atoms with Crippen LogP contribution in [0.2, 0.25) is 0 Å². The Labute approximate surface area is 121 Å². The van der Waals surface area contributed by atoms with Crippen molar-refractivity contribution in [2.24, 2.45) is 0 Å². The highest BCUT2D eigenvalue weighted by Crippen LogP contribution is 2.38. The summed E-state index contributed by atoms with van der Waals surface area (Å²) in [5.74, 6) is 4.45. The second-order valence-corrected chi connectivity index (χ2v) is 4.67. The smallest absolute Gasteiger partial charge is 0.203 e. The van der Waals surface area contributed by atoms with E-state index in [1.165, 1.54) is 0 Å². The maximum Gasteiger partial charge on any atom is 0.203 e. The first-order valence-electron chi connectivity index (χ1n) is 6.66. The molecule has 0 fully saturated rings. The fourth-order valence-corrected chi connectivity index (χ4v) is 1.71. The lowest BCUT2D eigenvalue weighted by Crippen LogP contribution is -2.21. The van der Waals surface area contributed by atoms with Crippen LogP contribution in [-0.4, -0.2) is 26.9 Å². The lowest BCUT2D eigenvalue weighted by Gasteiger charge is -2.16. The molecule has 4 heteroatoms. The Kier molecular flexibility index (Phi) is 6.75. The van der Waals surface area contributed by atoms with Crippen molar-refractivity contribution >= 4 is 0 Å². The van der Waals surface area contributed by atoms with Gasteiger partial charge < -0.3 is 19.5 Å². The van der Waals surface area contributed by atoms with Crippen LogP contribution in [0.15, 0.2) is 12.1 Å². The fourth-order valence-electron chi connectivity index (χ4n) is 1.71. The molecule has 0 bridgehead atoms. The maximum absolute atomic E-state index is 5.66. The summed E-state index contributed by atoms with van der Waals surface area (Å²) in [6.07, 6.45) is 5.77. The Hall–Kier alpha value is -1.86. The van der Waals surface area contributed by atoms with E-state index in [9.17, 15) is 0 Å². The minimum Gasteiger partial charge on any atom is -0.493 e. The number of ether oxygens (including phenoxy) is 3. The molecule has 4 nitrogen and oxygen atoms in total. The molecule has 0 heterocycles. The van der Waals surface area contributed by atoms with Crippen LogP contribution >= 0.6 is 0 Å². The molecular formula is C16H23NO3. The van der Waals surface area contributed by atoms with Crippen LogP contribution in [0.5, 0.6) is 17.2 Å². The highest BCUT2D eigenvalue weighted by molar-refractivity contribution is 5.53. The molecule has 0 amide bonds. The van der Waals surface area contributed by atoms with Crippen LogP contribution in [0, 0.1) is 12.3 Å². The Morgan fingerprint density at radius 3 is 2.25 bits per heavy atom. The van der Waals surface area contributed by atoms with Crippen LogP contribution < -0.4 is 19.5 Å². The Morgan fingerprint density at radius 1 is 1.20 bits per heavy atom. The van der Waals surface area contributed by atoms with E-state index in [0.29, 0.717) is 36.3 Å². The predicted octanol–water partition coefficient (Wildman–Crippen LogP) is 2.60. The number of hydrogen-bond donors (Lipinski definition) is 1. The van der Waals surface area contributed by atoms with Crippen LogP contribution in [0.1, 0.15) is 25.8 Å². The number of nitrogens with one attached hydrogen (secondary N) is 1. The fraction of sp³-hybridized carbons (Fsp3) is 0.500. The number of benzene rings is 1. The van der Waals surface area contributed by atoms with Crippen LogP contribution in [0.4, 0.5) is 0 Å². The van der Waals surface area contributed by atoms with Crippen molar-refractivity contribution in [1.29, 1.82) is 0 Å². The van der Waals surface area contributed by atoms with Gasteiger partial charge in [-0.3, -0.25) is 0 Å². The van der Waals surface area contributed by atoms with Crippen LogP contribution in [0.25, 0.3) is 0 Å². The van der Waals surface area contributed by atoms with Crippen molar-refractivity contribution in [2.45, 2.75) is 32.9 Å². The van der Waals surface area contributed by atoms with Crippen molar-refractivity contribution in [3.8, 4) is 29.6 Å². The molecule has 1 aromatic rings. The topological polar surface area (TPSA) is 39.7 Å². The summed E-state index contributed by atoms with van der Waals surface area (Å²) in [5.41, 5.74) is 1.08. The zero-order valence-corrected chi connectivity index (χ0v) is 12.7. The molecular weight excluding hydrogens is 254 g/mol. The second kappa shape index (κ2) is 8.34. The van der Waals surface area contributed by atoms with Crippen molar-refractivity contribution in [2.75, 3.05) is 20.8 Å². The van der Waals surface area contributed by atoms with Gasteiger partial charge >= 0.3 is 0 Å². The number of methoxy groups -OCH3 is 2. The minimum atomic E-state index is 0.415. The zero-order chi connectivity index (χ0) is 15.0. The van der Waals surface area contributed by atoms with Gasteiger partial charge in [0.2, 0.25) is 5.75 Å². The molecule has 1 rings (SSSR count). The largest absolute Gasteiger partial charge is 0.493 e. The van der Waals surface area contributed by atoms with Gasteiger partial charge in [-0.05, 0) is 17.7 Å². The summed E-state index contributed by atoms with van der Waals surface area (Å²) in [6.45, 7) is 5.39. The maximum atomic E-state index is 5.66. The first kappa shape index (κ1) is 16.2. The van der Waals surface area contributed by atoms with Gasteiger partial charge in [0.05, 0.1) is 20.8 Å². The predicted molar refractivity (Wildman–Crippen MR) is 80.5 cm³/mol. The van der Waals surface area contributed by atoms with E-state index >= 15 is 0 Å². The average Bonchev–Trinajstić information content (AvgIpc) is 2.45. The summed E-state index contributed by atoms with van der Waals surface area (Å²) in [5, 5.41) is 3.36. The molecule has 0 saturated heterocycles. The summed E-state index contributed by atoms with van der Waals surface area (Å²) in [7, 11) is 3.23. The Morgan fingerprint density at radius 2 is 1.80 bits per heavy atom. The van der Waals surface area contributed by atoms with Gasteiger partial charge in [-0.25, -0.2) is 0 Å².